The van der Waals surface area contributed by atoms with Crippen LogP contribution in [0.3, 0.4) is 0 Å². The fourth-order valence-electron chi connectivity index (χ4n) is 0.380. The summed E-state index contributed by atoms with van der Waals surface area (Å²) in [6.45, 7) is 3.08. The molecule has 0 atom stereocenters. The fraction of sp³-hybridized carbons (Fsp3) is 0. The molecule has 0 aromatic carbocycles. The molecule has 0 saturated heterocycles. The monoisotopic (exact) mass is 176 g/mol. The van der Waals surface area contributed by atoms with Gasteiger partial charge in [-0.3, -0.25) is 0 Å². The van der Waals surface area contributed by atoms with E-state index in [9.17, 15) is 9.59 Å². The summed E-state index contributed by atoms with van der Waals surface area (Å²) in [5, 5.41) is 16.2. The van der Waals surface area contributed by atoms with E-state index in [0.29, 0.717) is 6.08 Å². The van der Waals surface area contributed by atoms with E-state index >= 15 is 0 Å². The minimum absolute atomic E-state index is 0.306. The Hall–Kier alpha value is -1.29. The Morgan fingerprint density at radius 2 is 1.82 bits per heavy atom. The van der Waals surface area contributed by atoms with Crippen LogP contribution in [0.15, 0.2) is 23.3 Å². The molecule has 0 bridgehead atoms. The molecule has 0 aliphatic heterocycles. The highest BCUT2D eigenvalue weighted by molar-refractivity contribution is 6.34. The second-order valence-electron chi connectivity index (χ2n) is 1.61. The summed E-state index contributed by atoms with van der Waals surface area (Å²) in [7, 11) is 0. The largest absolute Gasteiger partial charge is 0.478 e. The zero-order valence-corrected chi connectivity index (χ0v) is 6.13. The molecule has 0 unspecified atom stereocenters. The van der Waals surface area contributed by atoms with Crippen LogP contribution >= 0.6 is 11.6 Å². The zero-order chi connectivity index (χ0) is 9.02. The first-order chi connectivity index (χ1) is 4.95. The van der Waals surface area contributed by atoms with E-state index in [0.717, 1.165) is 0 Å². The number of carbonyl (C=O) groups is 2. The lowest BCUT2D eigenvalue weighted by Crippen LogP contribution is -2.03. The third-order valence-electron chi connectivity index (χ3n) is 0.790. The van der Waals surface area contributed by atoms with Crippen LogP contribution in [0.5, 0.6) is 0 Å². The normalized spacial score (nSPS) is 10.8. The number of hydrogen-bond donors (Lipinski definition) is 2. The second-order valence-corrected chi connectivity index (χ2v) is 2.06. The number of rotatable bonds is 3. The third kappa shape index (κ3) is 3.42. The van der Waals surface area contributed by atoms with Crippen molar-refractivity contribution in [2.45, 2.75) is 0 Å². The molecule has 0 fully saturated rings. The van der Waals surface area contributed by atoms with Gasteiger partial charge in [-0.1, -0.05) is 18.2 Å². The van der Waals surface area contributed by atoms with Crippen LogP contribution in [0.25, 0.3) is 0 Å². The van der Waals surface area contributed by atoms with Gasteiger partial charge in [0.25, 0.3) is 0 Å². The Bertz CT molecular complexity index is 225. The van der Waals surface area contributed by atoms with E-state index in [-0.39, 0.29) is 5.03 Å². The number of carboxylic acid groups (broad SMARTS) is 2. The van der Waals surface area contributed by atoms with Gasteiger partial charge in [0.2, 0.25) is 0 Å². The molecule has 0 heterocycles. The average Bonchev–Trinajstić information content (AvgIpc) is 1.81. The molecule has 0 rings (SSSR count). The summed E-state index contributed by atoms with van der Waals surface area (Å²) < 4.78 is 0. The molecular formula is C6H5ClO4. The van der Waals surface area contributed by atoms with E-state index < -0.39 is 17.5 Å². The van der Waals surface area contributed by atoms with E-state index in [2.05, 4.69) is 6.58 Å². The summed E-state index contributed by atoms with van der Waals surface area (Å²) in [6.07, 6.45) is 0.484. The van der Waals surface area contributed by atoms with Gasteiger partial charge in [0.05, 0.1) is 5.57 Å². The van der Waals surface area contributed by atoms with Gasteiger partial charge >= 0.3 is 11.9 Å². The molecule has 11 heavy (non-hydrogen) atoms. The zero-order valence-electron chi connectivity index (χ0n) is 5.37. The van der Waals surface area contributed by atoms with Crippen LogP contribution < -0.4 is 0 Å². The van der Waals surface area contributed by atoms with Crippen molar-refractivity contribution in [3.63, 3.8) is 0 Å². The summed E-state index contributed by atoms with van der Waals surface area (Å²) >= 11 is 5.18. The minimum atomic E-state index is -1.41. The van der Waals surface area contributed by atoms with Crippen molar-refractivity contribution >= 4 is 23.5 Å². The van der Waals surface area contributed by atoms with Crippen LogP contribution in [-0.4, -0.2) is 22.2 Å². The smallest absolute Gasteiger partial charge is 0.337 e. The van der Waals surface area contributed by atoms with Crippen molar-refractivity contribution in [1.82, 2.24) is 0 Å². The highest BCUT2D eigenvalue weighted by atomic mass is 35.5. The average molecular weight is 177 g/mol. The predicted molar refractivity (Wildman–Crippen MR) is 38.3 cm³/mol. The van der Waals surface area contributed by atoms with Crippen molar-refractivity contribution in [3.8, 4) is 0 Å². The van der Waals surface area contributed by atoms with Crippen LogP contribution in [0.4, 0.5) is 0 Å². The molecule has 0 radical (unpaired) electrons. The first-order valence-corrected chi connectivity index (χ1v) is 2.85. The quantitative estimate of drug-likeness (QED) is 0.494. The lowest BCUT2D eigenvalue weighted by molar-refractivity contribution is -0.134. The van der Waals surface area contributed by atoms with Crippen LogP contribution in [-0.2, 0) is 9.59 Å². The summed E-state index contributed by atoms with van der Waals surface area (Å²) in [5.41, 5.74) is -0.515. The van der Waals surface area contributed by atoms with Crippen LogP contribution in [0, 0.1) is 0 Å². The van der Waals surface area contributed by atoms with Gasteiger partial charge in [-0.05, 0) is 0 Å². The van der Waals surface area contributed by atoms with Gasteiger partial charge in [0.1, 0.15) is 0 Å². The van der Waals surface area contributed by atoms with Crippen LogP contribution in [0.2, 0.25) is 0 Å². The van der Waals surface area contributed by atoms with Gasteiger partial charge in [0, 0.05) is 11.1 Å². The summed E-state index contributed by atoms with van der Waals surface area (Å²) in [4.78, 5) is 20.2. The molecule has 4 nitrogen and oxygen atoms in total. The molecular weight excluding hydrogens is 172 g/mol. The van der Waals surface area contributed by atoms with Gasteiger partial charge in [-0.2, -0.15) is 0 Å². The van der Waals surface area contributed by atoms with Crippen molar-refractivity contribution in [1.29, 1.82) is 0 Å². The van der Waals surface area contributed by atoms with Crippen LogP contribution in [0.1, 0.15) is 0 Å². The molecule has 5 heteroatoms. The molecule has 60 valence electrons. The topological polar surface area (TPSA) is 74.6 Å². The molecule has 0 spiro atoms. The van der Waals surface area contributed by atoms with E-state index in [1.54, 1.807) is 0 Å². The third-order valence-corrected chi connectivity index (χ3v) is 0.994. The van der Waals surface area contributed by atoms with Gasteiger partial charge in [0.15, 0.2) is 0 Å². The van der Waals surface area contributed by atoms with E-state index in [4.69, 9.17) is 21.8 Å². The SMILES string of the molecule is C=C(Cl)/C(=C/C(=O)O)C(=O)O. The lowest BCUT2D eigenvalue weighted by atomic mass is 10.2. The maximum atomic E-state index is 10.2. The molecule has 0 aromatic rings. The van der Waals surface area contributed by atoms with Crippen molar-refractivity contribution in [3.05, 3.63) is 23.3 Å². The Morgan fingerprint density at radius 1 is 1.36 bits per heavy atom. The highest BCUT2D eigenvalue weighted by Crippen LogP contribution is 2.11. The standard InChI is InChI=1S/C6H5ClO4/c1-3(7)4(6(10)11)2-5(8)9/h2H,1H2,(H,8,9)(H,10,11)/b4-2-. The number of aliphatic carboxylic acids is 2. The summed E-state index contributed by atoms with van der Waals surface area (Å²) in [5.74, 6) is -2.78. The Kier molecular flexibility index (Phi) is 3.33. The number of halogens is 1. The van der Waals surface area contributed by atoms with Crippen molar-refractivity contribution in [2.75, 3.05) is 0 Å². The maximum Gasteiger partial charge on any atom is 0.337 e. The highest BCUT2D eigenvalue weighted by Gasteiger charge is 2.10. The molecule has 0 aliphatic rings. The molecule has 0 aliphatic carbocycles. The molecule has 0 amide bonds. The summed E-state index contributed by atoms with van der Waals surface area (Å²) in [6, 6.07) is 0. The van der Waals surface area contributed by atoms with E-state index in [1.807, 2.05) is 0 Å². The van der Waals surface area contributed by atoms with E-state index in [1.165, 1.54) is 0 Å². The predicted octanol–water partition coefficient (Wildman–Crippen LogP) is 0.835. The van der Waals surface area contributed by atoms with Crippen molar-refractivity contribution in [2.24, 2.45) is 0 Å². The Morgan fingerprint density at radius 3 is 1.91 bits per heavy atom. The molecule has 0 aromatic heterocycles. The van der Waals surface area contributed by atoms with Gasteiger partial charge < -0.3 is 10.2 Å². The Balaban J connectivity index is 4.75. The first kappa shape index (κ1) is 9.71. The van der Waals surface area contributed by atoms with Gasteiger partial charge in [-0.15, -0.1) is 0 Å². The fourth-order valence-corrected chi connectivity index (χ4v) is 0.515. The number of carboxylic acids is 2. The Labute approximate surface area is 67.4 Å². The molecule has 0 saturated carbocycles. The number of hydrogen-bond acceptors (Lipinski definition) is 2. The lowest BCUT2D eigenvalue weighted by Gasteiger charge is -1.94. The second kappa shape index (κ2) is 3.78. The first-order valence-electron chi connectivity index (χ1n) is 2.48. The minimum Gasteiger partial charge on any atom is -0.478 e. The van der Waals surface area contributed by atoms with Gasteiger partial charge in [-0.25, -0.2) is 9.59 Å². The van der Waals surface area contributed by atoms with Crippen molar-refractivity contribution < 1.29 is 19.8 Å². The molecule has 2 N–H and O–H groups in total. The maximum absolute atomic E-state index is 10.2.